The van der Waals surface area contributed by atoms with Gasteiger partial charge in [0.2, 0.25) is 0 Å². The van der Waals surface area contributed by atoms with Crippen LogP contribution in [0, 0.1) is 0 Å². The lowest BCUT2D eigenvalue weighted by atomic mass is 10.1. The van der Waals surface area contributed by atoms with Crippen molar-refractivity contribution >= 4 is 13.7 Å². The molecule has 0 heterocycles. The van der Waals surface area contributed by atoms with Gasteiger partial charge in [0.05, 0.1) is 0 Å². The Morgan fingerprint density at radius 2 is 1.70 bits per heavy atom. The summed E-state index contributed by atoms with van der Waals surface area (Å²) in [7, 11) is 0.648. The van der Waals surface area contributed by atoms with E-state index in [4.69, 9.17) is 13.8 Å². The molecular formula is C16H26NO5P. The Morgan fingerprint density at radius 3 is 2.13 bits per heavy atom. The van der Waals surface area contributed by atoms with Crippen LogP contribution in [0.25, 0.3) is 0 Å². The van der Waals surface area contributed by atoms with Crippen molar-refractivity contribution in [1.29, 1.82) is 0 Å². The molecule has 23 heavy (non-hydrogen) atoms. The number of likely N-dealkylation sites (N-methyl/N-ethyl adjacent to an activating group) is 1. The molecular weight excluding hydrogens is 317 g/mol. The summed E-state index contributed by atoms with van der Waals surface area (Å²) >= 11 is 0. The summed E-state index contributed by atoms with van der Waals surface area (Å²) in [6.07, 6.45) is -0.247. The fourth-order valence-corrected chi connectivity index (χ4v) is 3.65. The van der Waals surface area contributed by atoms with Crippen LogP contribution in [0.15, 0.2) is 30.3 Å². The topological polar surface area (TPSA) is 65.1 Å². The summed E-state index contributed by atoms with van der Waals surface area (Å²) in [5.41, 5.74) is 0.273. The smallest absolute Gasteiger partial charge is 0.410 e. The number of carbonyl (C=O) groups excluding carboxylic acids is 1. The van der Waals surface area contributed by atoms with Gasteiger partial charge in [-0.1, -0.05) is 30.3 Å². The van der Waals surface area contributed by atoms with E-state index in [-0.39, 0.29) is 0 Å². The lowest BCUT2D eigenvalue weighted by Gasteiger charge is -2.33. The highest BCUT2D eigenvalue weighted by atomic mass is 31.2. The number of ether oxygens (including phenoxy) is 1. The number of carbonyl (C=O) groups is 1. The Morgan fingerprint density at radius 1 is 1.17 bits per heavy atom. The van der Waals surface area contributed by atoms with Crippen LogP contribution < -0.4 is 0 Å². The number of amides is 1. The van der Waals surface area contributed by atoms with Crippen LogP contribution in [0.4, 0.5) is 4.79 Å². The van der Waals surface area contributed by atoms with Crippen LogP contribution in [0.5, 0.6) is 0 Å². The number of hydrogen-bond acceptors (Lipinski definition) is 5. The van der Waals surface area contributed by atoms with E-state index < -0.39 is 25.1 Å². The van der Waals surface area contributed by atoms with Crippen molar-refractivity contribution < 1.29 is 23.1 Å². The van der Waals surface area contributed by atoms with Gasteiger partial charge < -0.3 is 13.8 Å². The minimum Gasteiger partial charge on any atom is -0.444 e. The summed E-state index contributed by atoms with van der Waals surface area (Å²) in [5, 5.41) is 0. The zero-order chi connectivity index (χ0) is 17.7. The van der Waals surface area contributed by atoms with Crippen LogP contribution >= 0.6 is 7.60 Å². The zero-order valence-corrected chi connectivity index (χ0v) is 15.5. The third kappa shape index (κ3) is 5.65. The highest BCUT2D eigenvalue weighted by Crippen LogP contribution is 2.53. The SMILES string of the molecule is COP(=O)(OC)C(Cc1ccccc1)N(C)C(=O)OC(C)(C)C. The number of rotatable bonds is 6. The van der Waals surface area contributed by atoms with Crippen molar-refractivity contribution in [2.75, 3.05) is 21.3 Å². The molecule has 0 aliphatic carbocycles. The Labute approximate surface area is 138 Å². The van der Waals surface area contributed by atoms with E-state index in [2.05, 4.69) is 0 Å². The van der Waals surface area contributed by atoms with Gasteiger partial charge in [-0.15, -0.1) is 0 Å². The van der Waals surface area contributed by atoms with Crippen LogP contribution in [-0.2, 0) is 24.8 Å². The first-order valence-corrected chi connectivity index (χ1v) is 8.95. The molecule has 1 atom stereocenters. The molecule has 0 bridgehead atoms. The minimum atomic E-state index is -3.51. The highest BCUT2D eigenvalue weighted by Gasteiger charge is 2.40. The molecule has 0 aliphatic rings. The Balaban J connectivity index is 3.08. The van der Waals surface area contributed by atoms with Gasteiger partial charge >= 0.3 is 13.7 Å². The maximum Gasteiger partial charge on any atom is 0.410 e. The van der Waals surface area contributed by atoms with Crippen LogP contribution in [0.2, 0.25) is 0 Å². The summed E-state index contributed by atoms with van der Waals surface area (Å²) in [4.78, 5) is 13.6. The average molecular weight is 343 g/mol. The normalized spacial score (nSPS) is 13.5. The second kappa shape index (κ2) is 7.95. The summed E-state index contributed by atoms with van der Waals surface area (Å²) in [5.74, 6) is -0.783. The van der Waals surface area contributed by atoms with Gasteiger partial charge in [0.1, 0.15) is 11.4 Å². The molecule has 0 saturated carbocycles. The fraction of sp³-hybridized carbons (Fsp3) is 0.562. The molecule has 0 fully saturated rings. The molecule has 1 aromatic carbocycles. The van der Waals surface area contributed by atoms with Gasteiger partial charge in [0.15, 0.2) is 0 Å². The van der Waals surface area contributed by atoms with Crippen molar-refractivity contribution in [3.05, 3.63) is 35.9 Å². The van der Waals surface area contributed by atoms with Crippen molar-refractivity contribution in [1.82, 2.24) is 4.90 Å². The summed E-state index contributed by atoms with van der Waals surface area (Å²) < 4.78 is 28.4. The molecule has 0 aromatic heterocycles. The molecule has 0 saturated heterocycles. The molecule has 0 aliphatic heterocycles. The Bertz CT molecular complexity index is 547. The third-order valence-electron chi connectivity index (χ3n) is 3.26. The van der Waals surface area contributed by atoms with E-state index in [1.807, 2.05) is 30.3 Å². The summed E-state index contributed by atoms with van der Waals surface area (Å²) in [6, 6.07) is 9.44. The number of benzene rings is 1. The van der Waals surface area contributed by atoms with Crippen LogP contribution in [0.1, 0.15) is 26.3 Å². The molecule has 130 valence electrons. The first-order valence-electron chi connectivity index (χ1n) is 7.34. The lowest BCUT2D eigenvalue weighted by Crippen LogP contribution is -2.42. The molecule has 1 aromatic rings. The lowest BCUT2D eigenvalue weighted by molar-refractivity contribution is 0.0252. The monoisotopic (exact) mass is 343 g/mol. The highest BCUT2D eigenvalue weighted by molar-refractivity contribution is 7.54. The van der Waals surface area contributed by atoms with Gasteiger partial charge in [0.25, 0.3) is 0 Å². The molecule has 0 N–H and O–H groups in total. The predicted octanol–water partition coefficient (Wildman–Crippen LogP) is 3.91. The molecule has 0 spiro atoms. The minimum absolute atomic E-state index is 0.329. The fourth-order valence-electron chi connectivity index (χ4n) is 2.06. The van der Waals surface area contributed by atoms with Crippen molar-refractivity contribution in [3.8, 4) is 0 Å². The van der Waals surface area contributed by atoms with Gasteiger partial charge in [-0.2, -0.15) is 0 Å². The average Bonchev–Trinajstić information content (AvgIpc) is 2.50. The van der Waals surface area contributed by atoms with E-state index in [1.54, 1.807) is 20.8 Å². The molecule has 7 heteroatoms. The zero-order valence-electron chi connectivity index (χ0n) is 14.6. The first-order chi connectivity index (χ1) is 10.6. The van der Waals surface area contributed by atoms with Gasteiger partial charge in [-0.3, -0.25) is 9.46 Å². The Kier molecular flexibility index (Phi) is 6.81. The van der Waals surface area contributed by atoms with Gasteiger partial charge in [-0.25, -0.2) is 4.79 Å². The maximum atomic E-state index is 12.9. The molecule has 6 nitrogen and oxygen atoms in total. The van der Waals surface area contributed by atoms with Crippen LogP contribution in [-0.4, -0.2) is 43.6 Å². The van der Waals surface area contributed by atoms with Crippen molar-refractivity contribution in [2.24, 2.45) is 0 Å². The van der Waals surface area contributed by atoms with Crippen molar-refractivity contribution in [3.63, 3.8) is 0 Å². The first kappa shape index (κ1) is 19.7. The number of hydrogen-bond donors (Lipinski definition) is 0. The van der Waals surface area contributed by atoms with E-state index in [9.17, 15) is 9.36 Å². The van der Waals surface area contributed by atoms with Gasteiger partial charge in [0, 0.05) is 27.7 Å². The van der Waals surface area contributed by atoms with Crippen molar-refractivity contribution in [2.45, 2.75) is 38.6 Å². The molecule has 1 amide bonds. The van der Waals surface area contributed by atoms with Gasteiger partial charge in [-0.05, 0) is 26.3 Å². The second-order valence-electron chi connectivity index (χ2n) is 6.17. The summed E-state index contributed by atoms with van der Waals surface area (Å²) in [6.45, 7) is 5.32. The molecule has 1 unspecified atom stereocenters. The maximum absolute atomic E-state index is 12.9. The molecule has 0 radical (unpaired) electrons. The Hall–Kier alpha value is -1.36. The van der Waals surface area contributed by atoms with E-state index in [0.29, 0.717) is 6.42 Å². The van der Waals surface area contributed by atoms with E-state index in [0.717, 1.165) is 5.56 Å². The molecule has 1 rings (SSSR count). The van der Waals surface area contributed by atoms with E-state index >= 15 is 0 Å². The second-order valence-corrected chi connectivity index (χ2v) is 8.57. The van der Waals surface area contributed by atoms with Crippen LogP contribution in [0.3, 0.4) is 0 Å². The van der Waals surface area contributed by atoms with E-state index in [1.165, 1.54) is 26.2 Å². The predicted molar refractivity (Wildman–Crippen MR) is 89.6 cm³/mol. The quantitative estimate of drug-likeness (QED) is 0.733. The standard InChI is InChI=1S/C16H26NO5P/c1-16(2,3)22-15(18)17(4)14(23(19,20-5)21-6)12-13-10-8-7-9-11-13/h7-11,14H,12H2,1-6H3. The third-order valence-corrected chi connectivity index (χ3v) is 5.54. The number of nitrogens with zero attached hydrogens (tertiary/aromatic N) is 1. The largest absolute Gasteiger partial charge is 0.444 e.